The van der Waals surface area contributed by atoms with E-state index < -0.39 is 5.82 Å². The van der Waals surface area contributed by atoms with Gasteiger partial charge in [-0.1, -0.05) is 6.07 Å². The number of amides is 2. The normalized spacial score (nSPS) is 13.6. The summed E-state index contributed by atoms with van der Waals surface area (Å²) in [4.78, 5) is 27.4. The van der Waals surface area contributed by atoms with E-state index in [1.807, 2.05) is 19.1 Å². The number of benzene rings is 2. The Hall–Kier alpha value is -3.55. The van der Waals surface area contributed by atoms with Gasteiger partial charge in [-0.25, -0.2) is 4.39 Å². The predicted octanol–water partition coefficient (Wildman–Crippen LogP) is 3.78. The van der Waals surface area contributed by atoms with E-state index >= 15 is 0 Å². The maximum atomic E-state index is 14.0. The molecule has 8 heteroatoms. The second-order valence-corrected chi connectivity index (χ2v) is 7.67. The summed E-state index contributed by atoms with van der Waals surface area (Å²) < 4.78 is 26.7. The molecule has 1 fully saturated rings. The molecule has 1 aliphatic heterocycles. The van der Waals surface area contributed by atoms with E-state index in [-0.39, 0.29) is 18.4 Å². The lowest BCUT2D eigenvalue weighted by atomic mass is 10.1. The molecule has 3 aromatic rings. The van der Waals surface area contributed by atoms with Gasteiger partial charge in [-0.15, -0.1) is 0 Å². The van der Waals surface area contributed by atoms with Gasteiger partial charge in [-0.2, -0.15) is 0 Å². The Morgan fingerprint density at radius 1 is 1.19 bits per heavy atom. The Kier molecular flexibility index (Phi) is 6.03. The highest BCUT2D eigenvalue weighted by Crippen LogP contribution is 2.36. The van der Waals surface area contributed by atoms with E-state index in [1.54, 1.807) is 35.8 Å². The molecule has 2 heterocycles. The fourth-order valence-corrected chi connectivity index (χ4v) is 4.18. The first-order valence-electron chi connectivity index (χ1n) is 10.6. The summed E-state index contributed by atoms with van der Waals surface area (Å²) in [5.41, 5.74) is 2.32. The zero-order valence-electron chi connectivity index (χ0n) is 18.4. The summed E-state index contributed by atoms with van der Waals surface area (Å²) in [7, 11) is 3.31. The van der Waals surface area contributed by atoms with Crippen molar-refractivity contribution >= 4 is 28.4 Å². The molecule has 4 rings (SSSR count). The number of hydrogen-bond donors (Lipinski definition) is 1. The highest BCUT2D eigenvalue weighted by atomic mass is 19.1. The number of aryl methyl sites for hydroxylation is 1. The zero-order valence-corrected chi connectivity index (χ0v) is 18.4. The van der Waals surface area contributed by atoms with Crippen LogP contribution in [0.5, 0.6) is 11.5 Å². The van der Waals surface area contributed by atoms with Crippen LogP contribution in [0.2, 0.25) is 0 Å². The van der Waals surface area contributed by atoms with Gasteiger partial charge in [-0.3, -0.25) is 9.59 Å². The van der Waals surface area contributed by atoms with Gasteiger partial charge in [0.05, 0.1) is 24.9 Å². The number of fused-ring (bicyclic) bond motifs is 1. The predicted molar refractivity (Wildman–Crippen MR) is 120 cm³/mol. The molecule has 0 unspecified atom stereocenters. The van der Waals surface area contributed by atoms with E-state index in [1.165, 1.54) is 12.1 Å². The smallest absolute Gasteiger partial charge is 0.270 e. The van der Waals surface area contributed by atoms with Gasteiger partial charge in [0.25, 0.3) is 5.91 Å². The Labute approximate surface area is 185 Å². The van der Waals surface area contributed by atoms with Crippen LogP contribution in [-0.4, -0.2) is 36.6 Å². The number of aromatic nitrogens is 1. The molecule has 0 atom stereocenters. The SMILES string of the molecule is CCOc1ccc(CNC(=O)c2c(N3CCCC3=O)c3cc(F)ccc3n2C)cc1OC. The summed E-state index contributed by atoms with van der Waals surface area (Å²) in [6.45, 7) is 3.17. The first kappa shape index (κ1) is 21.7. The van der Waals surface area contributed by atoms with Crippen molar-refractivity contribution in [3.05, 3.63) is 53.5 Å². The van der Waals surface area contributed by atoms with Crippen molar-refractivity contribution in [1.29, 1.82) is 0 Å². The number of carbonyl (C=O) groups excluding carboxylic acids is 2. The molecule has 0 bridgehead atoms. The van der Waals surface area contributed by atoms with Crippen LogP contribution >= 0.6 is 0 Å². The van der Waals surface area contributed by atoms with Crippen molar-refractivity contribution in [2.24, 2.45) is 7.05 Å². The van der Waals surface area contributed by atoms with Crippen LogP contribution in [0.4, 0.5) is 10.1 Å². The molecule has 0 radical (unpaired) electrons. The Morgan fingerprint density at radius 2 is 2.00 bits per heavy atom. The highest BCUT2D eigenvalue weighted by molar-refractivity contribution is 6.14. The third-order valence-corrected chi connectivity index (χ3v) is 5.67. The first-order valence-corrected chi connectivity index (χ1v) is 10.6. The minimum absolute atomic E-state index is 0.0629. The number of rotatable bonds is 7. The molecule has 0 aliphatic carbocycles. The third-order valence-electron chi connectivity index (χ3n) is 5.67. The van der Waals surface area contributed by atoms with Gasteiger partial charge in [0.15, 0.2) is 11.5 Å². The van der Waals surface area contributed by atoms with Crippen LogP contribution in [0.15, 0.2) is 36.4 Å². The molecule has 32 heavy (non-hydrogen) atoms. The zero-order chi connectivity index (χ0) is 22.8. The van der Waals surface area contributed by atoms with Crippen LogP contribution < -0.4 is 19.7 Å². The minimum Gasteiger partial charge on any atom is -0.493 e. The van der Waals surface area contributed by atoms with Crippen LogP contribution in [0.1, 0.15) is 35.8 Å². The van der Waals surface area contributed by atoms with Crippen molar-refractivity contribution in [2.75, 3.05) is 25.2 Å². The molecule has 1 N–H and O–H groups in total. The number of ether oxygens (including phenoxy) is 2. The number of nitrogens with zero attached hydrogens (tertiary/aromatic N) is 2. The molecule has 1 saturated heterocycles. The van der Waals surface area contributed by atoms with Crippen molar-refractivity contribution in [1.82, 2.24) is 9.88 Å². The highest BCUT2D eigenvalue weighted by Gasteiger charge is 2.31. The number of halogens is 1. The maximum Gasteiger partial charge on any atom is 0.270 e. The maximum absolute atomic E-state index is 14.0. The lowest BCUT2D eigenvalue weighted by Gasteiger charge is -2.18. The summed E-state index contributed by atoms with van der Waals surface area (Å²) in [6, 6.07) is 9.83. The fourth-order valence-electron chi connectivity index (χ4n) is 4.18. The van der Waals surface area contributed by atoms with E-state index in [0.29, 0.717) is 59.8 Å². The topological polar surface area (TPSA) is 72.8 Å². The van der Waals surface area contributed by atoms with Gasteiger partial charge >= 0.3 is 0 Å². The molecule has 168 valence electrons. The standard InChI is InChI=1S/C24H26FN3O4/c1-4-32-19-10-7-15(12-20(19)31-3)14-26-24(30)23-22(28-11-5-6-21(28)29)17-13-16(25)8-9-18(17)27(23)2/h7-10,12-13H,4-6,11,14H2,1-3H3,(H,26,30). The summed E-state index contributed by atoms with van der Waals surface area (Å²) in [6.07, 6.45) is 1.12. The average molecular weight is 439 g/mol. The third kappa shape index (κ3) is 3.88. The van der Waals surface area contributed by atoms with Gasteiger partial charge in [0.2, 0.25) is 5.91 Å². The Morgan fingerprint density at radius 3 is 2.69 bits per heavy atom. The molecular weight excluding hydrogens is 413 g/mol. The van der Waals surface area contributed by atoms with Gasteiger partial charge in [0.1, 0.15) is 11.5 Å². The average Bonchev–Trinajstić information content (AvgIpc) is 3.32. The van der Waals surface area contributed by atoms with Crippen LogP contribution in [-0.2, 0) is 18.4 Å². The minimum atomic E-state index is -0.413. The molecule has 7 nitrogen and oxygen atoms in total. The summed E-state index contributed by atoms with van der Waals surface area (Å²) >= 11 is 0. The number of hydrogen-bond acceptors (Lipinski definition) is 4. The van der Waals surface area contributed by atoms with Crippen molar-refractivity contribution < 1.29 is 23.5 Å². The second-order valence-electron chi connectivity index (χ2n) is 7.67. The van der Waals surface area contributed by atoms with E-state index in [4.69, 9.17) is 9.47 Å². The molecular formula is C24H26FN3O4. The molecule has 0 saturated carbocycles. The first-order chi connectivity index (χ1) is 15.4. The van der Waals surface area contributed by atoms with E-state index in [2.05, 4.69) is 5.32 Å². The van der Waals surface area contributed by atoms with Crippen molar-refractivity contribution in [3.8, 4) is 11.5 Å². The number of carbonyl (C=O) groups is 2. The Bertz CT molecular complexity index is 1190. The van der Waals surface area contributed by atoms with E-state index in [0.717, 1.165) is 5.56 Å². The van der Waals surface area contributed by atoms with E-state index in [9.17, 15) is 14.0 Å². The molecule has 1 aliphatic rings. The van der Waals surface area contributed by atoms with Crippen LogP contribution in [0.3, 0.4) is 0 Å². The largest absolute Gasteiger partial charge is 0.493 e. The molecule has 2 amide bonds. The van der Waals surface area contributed by atoms with Crippen molar-refractivity contribution in [3.63, 3.8) is 0 Å². The lowest BCUT2D eigenvalue weighted by Crippen LogP contribution is -2.30. The number of methoxy groups -OCH3 is 1. The van der Waals surface area contributed by atoms with Gasteiger partial charge in [-0.05, 0) is 49.2 Å². The quantitative estimate of drug-likeness (QED) is 0.608. The van der Waals surface area contributed by atoms with Crippen LogP contribution in [0, 0.1) is 5.82 Å². The molecule has 0 spiro atoms. The lowest BCUT2D eigenvalue weighted by molar-refractivity contribution is -0.117. The van der Waals surface area contributed by atoms with Gasteiger partial charge in [0, 0.05) is 31.9 Å². The monoisotopic (exact) mass is 439 g/mol. The van der Waals surface area contributed by atoms with Gasteiger partial charge < -0.3 is 24.3 Å². The summed E-state index contributed by atoms with van der Waals surface area (Å²) in [5.74, 6) is 0.404. The second kappa shape index (κ2) is 8.90. The number of nitrogens with one attached hydrogen (secondary N) is 1. The summed E-state index contributed by atoms with van der Waals surface area (Å²) in [5, 5.41) is 3.48. The molecule has 1 aromatic heterocycles. The van der Waals surface area contributed by atoms with Crippen molar-refractivity contribution in [2.45, 2.75) is 26.3 Å². The Balaban J connectivity index is 1.67. The molecule has 2 aromatic carbocycles. The number of anilines is 1. The fraction of sp³-hybridized carbons (Fsp3) is 0.333. The van der Waals surface area contributed by atoms with Crippen LogP contribution in [0.25, 0.3) is 10.9 Å².